The first-order valence-corrected chi connectivity index (χ1v) is 9.54. The largest absolute Gasteiger partial charge is 0.497 e. The fourth-order valence-electron chi connectivity index (χ4n) is 2.63. The molecule has 8 nitrogen and oxygen atoms in total. The molecule has 0 spiro atoms. The molecular weight excluding hydrogens is 414 g/mol. The SMILES string of the molecule is CCOC(=O)C(C#N)=Cc1ccc(OC(=O)C=Cc2ccc(OC)cc2OC)c(OC)c1. The third-order valence-corrected chi connectivity index (χ3v) is 4.16. The second kappa shape index (κ2) is 11.8. The van der Waals surface area contributed by atoms with Gasteiger partial charge in [0.25, 0.3) is 0 Å². The number of carbonyl (C=O) groups is 2. The van der Waals surface area contributed by atoms with Gasteiger partial charge >= 0.3 is 11.9 Å². The van der Waals surface area contributed by atoms with E-state index in [0.717, 1.165) is 0 Å². The summed E-state index contributed by atoms with van der Waals surface area (Å²) in [6.07, 6.45) is 4.18. The highest BCUT2D eigenvalue weighted by Crippen LogP contribution is 2.30. The van der Waals surface area contributed by atoms with Gasteiger partial charge in [0.15, 0.2) is 11.5 Å². The van der Waals surface area contributed by atoms with E-state index >= 15 is 0 Å². The lowest BCUT2D eigenvalue weighted by Crippen LogP contribution is -2.06. The molecule has 0 saturated carbocycles. The van der Waals surface area contributed by atoms with Crippen LogP contribution in [0.15, 0.2) is 48.0 Å². The summed E-state index contributed by atoms with van der Waals surface area (Å²) in [6, 6.07) is 11.6. The number of nitrogens with zero attached hydrogens (tertiary/aromatic N) is 1. The summed E-state index contributed by atoms with van der Waals surface area (Å²) in [5.41, 5.74) is 1.01. The maximum Gasteiger partial charge on any atom is 0.348 e. The van der Waals surface area contributed by atoms with Crippen LogP contribution in [0, 0.1) is 11.3 Å². The zero-order valence-corrected chi connectivity index (χ0v) is 18.2. The van der Waals surface area contributed by atoms with Crippen LogP contribution in [-0.4, -0.2) is 39.9 Å². The molecule has 0 amide bonds. The molecule has 0 radical (unpaired) electrons. The minimum Gasteiger partial charge on any atom is -0.497 e. The Morgan fingerprint density at radius 1 is 0.969 bits per heavy atom. The molecule has 32 heavy (non-hydrogen) atoms. The van der Waals surface area contributed by atoms with Crippen LogP contribution in [0.5, 0.6) is 23.0 Å². The van der Waals surface area contributed by atoms with Crippen molar-refractivity contribution in [3.8, 4) is 29.1 Å². The van der Waals surface area contributed by atoms with Crippen molar-refractivity contribution in [3.05, 3.63) is 59.2 Å². The first kappa shape index (κ1) is 24.0. The van der Waals surface area contributed by atoms with Crippen molar-refractivity contribution in [2.24, 2.45) is 0 Å². The van der Waals surface area contributed by atoms with Crippen LogP contribution in [0.1, 0.15) is 18.1 Å². The van der Waals surface area contributed by atoms with E-state index in [2.05, 4.69) is 0 Å². The molecule has 0 atom stereocenters. The Balaban J connectivity index is 2.19. The van der Waals surface area contributed by atoms with E-state index < -0.39 is 11.9 Å². The van der Waals surface area contributed by atoms with E-state index in [0.29, 0.717) is 22.6 Å². The summed E-state index contributed by atoms with van der Waals surface area (Å²) in [5, 5.41) is 9.16. The van der Waals surface area contributed by atoms with Crippen molar-refractivity contribution in [2.75, 3.05) is 27.9 Å². The second-order valence-corrected chi connectivity index (χ2v) is 6.16. The van der Waals surface area contributed by atoms with Crippen LogP contribution >= 0.6 is 0 Å². The topological polar surface area (TPSA) is 104 Å². The van der Waals surface area contributed by atoms with Crippen LogP contribution in [-0.2, 0) is 14.3 Å². The molecule has 0 fully saturated rings. The molecule has 0 bridgehead atoms. The lowest BCUT2D eigenvalue weighted by atomic mass is 10.1. The molecule has 0 saturated heterocycles. The molecule has 0 heterocycles. The maximum absolute atomic E-state index is 12.3. The summed E-state index contributed by atoms with van der Waals surface area (Å²) in [7, 11) is 4.48. The van der Waals surface area contributed by atoms with Crippen molar-refractivity contribution in [1.82, 2.24) is 0 Å². The van der Waals surface area contributed by atoms with Crippen LogP contribution < -0.4 is 18.9 Å². The Morgan fingerprint density at radius 2 is 1.72 bits per heavy atom. The molecule has 8 heteroatoms. The molecule has 166 valence electrons. The molecule has 2 aromatic carbocycles. The predicted octanol–water partition coefficient (Wildman–Crippen LogP) is 3.80. The van der Waals surface area contributed by atoms with Gasteiger partial charge in [-0.1, -0.05) is 6.07 Å². The normalized spacial score (nSPS) is 10.9. The Hall–Kier alpha value is -4.25. The highest BCUT2D eigenvalue weighted by molar-refractivity contribution is 5.98. The van der Waals surface area contributed by atoms with Gasteiger partial charge in [-0.3, -0.25) is 0 Å². The Labute approximate surface area is 186 Å². The fraction of sp³-hybridized carbons (Fsp3) is 0.208. The van der Waals surface area contributed by atoms with Gasteiger partial charge in [-0.25, -0.2) is 9.59 Å². The lowest BCUT2D eigenvalue weighted by molar-refractivity contribution is -0.138. The minimum absolute atomic E-state index is 0.157. The Bertz CT molecular complexity index is 1080. The number of carbonyl (C=O) groups excluding carboxylic acids is 2. The number of benzene rings is 2. The zero-order valence-electron chi connectivity index (χ0n) is 18.2. The molecule has 0 aliphatic carbocycles. The summed E-state index contributed by atoms with van der Waals surface area (Å²) in [5.74, 6) is 0.247. The number of methoxy groups -OCH3 is 3. The number of ether oxygens (including phenoxy) is 5. The van der Waals surface area contributed by atoms with Crippen molar-refractivity contribution in [3.63, 3.8) is 0 Å². The third-order valence-electron chi connectivity index (χ3n) is 4.16. The van der Waals surface area contributed by atoms with Crippen molar-refractivity contribution >= 4 is 24.1 Å². The van der Waals surface area contributed by atoms with Crippen LogP contribution in [0.2, 0.25) is 0 Å². The van der Waals surface area contributed by atoms with Crippen molar-refractivity contribution < 1.29 is 33.3 Å². The molecule has 2 aromatic rings. The van der Waals surface area contributed by atoms with E-state index in [1.807, 2.05) is 0 Å². The molecule has 0 aliphatic heterocycles. The molecule has 0 aromatic heterocycles. The van der Waals surface area contributed by atoms with Gasteiger partial charge in [-0.05, 0) is 48.9 Å². The first-order valence-electron chi connectivity index (χ1n) is 9.54. The van der Waals surface area contributed by atoms with E-state index in [1.165, 1.54) is 38.5 Å². The third kappa shape index (κ3) is 6.37. The second-order valence-electron chi connectivity index (χ2n) is 6.16. The van der Waals surface area contributed by atoms with E-state index in [-0.39, 0.29) is 23.7 Å². The number of esters is 2. The summed E-state index contributed by atoms with van der Waals surface area (Å²) in [4.78, 5) is 24.1. The lowest BCUT2D eigenvalue weighted by Gasteiger charge is -2.09. The summed E-state index contributed by atoms with van der Waals surface area (Å²) < 4.78 is 25.9. The summed E-state index contributed by atoms with van der Waals surface area (Å²) >= 11 is 0. The van der Waals surface area contributed by atoms with E-state index in [4.69, 9.17) is 28.9 Å². The maximum atomic E-state index is 12.3. The van der Waals surface area contributed by atoms with Crippen molar-refractivity contribution in [1.29, 1.82) is 5.26 Å². The predicted molar refractivity (Wildman–Crippen MR) is 117 cm³/mol. The number of nitriles is 1. The van der Waals surface area contributed by atoms with Gasteiger partial charge in [0.2, 0.25) is 0 Å². The fourth-order valence-corrected chi connectivity index (χ4v) is 2.63. The van der Waals surface area contributed by atoms with Gasteiger partial charge in [-0.2, -0.15) is 5.26 Å². The van der Waals surface area contributed by atoms with Gasteiger partial charge in [0.05, 0.1) is 27.9 Å². The van der Waals surface area contributed by atoms with Crippen molar-refractivity contribution in [2.45, 2.75) is 6.92 Å². The number of hydrogen-bond acceptors (Lipinski definition) is 8. The monoisotopic (exact) mass is 437 g/mol. The molecule has 0 unspecified atom stereocenters. The van der Waals surface area contributed by atoms with Gasteiger partial charge in [0.1, 0.15) is 23.1 Å². The average molecular weight is 437 g/mol. The van der Waals surface area contributed by atoms with Crippen LogP contribution in [0.3, 0.4) is 0 Å². The van der Waals surface area contributed by atoms with Gasteiger partial charge in [0, 0.05) is 17.7 Å². The highest BCUT2D eigenvalue weighted by Gasteiger charge is 2.13. The highest BCUT2D eigenvalue weighted by atomic mass is 16.6. The molecular formula is C24H23NO7. The van der Waals surface area contributed by atoms with E-state index in [9.17, 15) is 9.59 Å². The quantitative estimate of drug-likeness (QED) is 0.253. The standard InChI is InChI=1S/C24H23NO7/c1-5-31-24(27)18(15-25)12-16-6-10-20(22(13-16)30-4)32-23(26)11-8-17-7-9-19(28-2)14-21(17)29-3/h6-14H,5H2,1-4H3. The van der Waals surface area contributed by atoms with Gasteiger partial charge in [-0.15, -0.1) is 0 Å². The smallest absolute Gasteiger partial charge is 0.348 e. The Kier molecular flexibility index (Phi) is 8.87. The minimum atomic E-state index is -0.719. The van der Waals surface area contributed by atoms with Crippen LogP contribution in [0.25, 0.3) is 12.2 Å². The number of rotatable bonds is 9. The summed E-state index contributed by atoms with van der Waals surface area (Å²) in [6.45, 7) is 1.81. The molecule has 0 N–H and O–H groups in total. The van der Waals surface area contributed by atoms with E-state index in [1.54, 1.807) is 50.4 Å². The Morgan fingerprint density at radius 3 is 2.34 bits per heavy atom. The first-order chi connectivity index (χ1) is 15.4. The molecule has 0 aliphatic rings. The zero-order chi connectivity index (χ0) is 23.5. The molecule has 2 rings (SSSR count). The number of hydrogen-bond donors (Lipinski definition) is 0. The van der Waals surface area contributed by atoms with Gasteiger partial charge < -0.3 is 23.7 Å². The van der Waals surface area contributed by atoms with Crippen LogP contribution in [0.4, 0.5) is 0 Å². The average Bonchev–Trinajstić information content (AvgIpc) is 2.81.